The third kappa shape index (κ3) is 3.65. The van der Waals surface area contributed by atoms with Crippen LogP contribution < -0.4 is 5.32 Å². The molecular weight excluding hydrogens is 425 g/mol. The smallest absolute Gasteiger partial charge is 0.410 e. The van der Waals surface area contributed by atoms with E-state index < -0.39 is 5.60 Å². The molecule has 1 saturated carbocycles. The zero-order chi connectivity index (χ0) is 21.8. The maximum Gasteiger partial charge on any atom is 0.410 e. The molecule has 1 aromatic heterocycles. The van der Waals surface area contributed by atoms with Crippen molar-refractivity contribution in [3.8, 4) is 0 Å². The predicted octanol–water partition coefficient (Wildman–Crippen LogP) is 5.00. The second-order valence-electron chi connectivity index (χ2n) is 9.46. The van der Waals surface area contributed by atoms with Crippen molar-refractivity contribution in [2.45, 2.75) is 51.7 Å². The van der Waals surface area contributed by atoms with Crippen LogP contribution in [0.3, 0.4) is 0 Å². The van der Waals surface area contributed by atoms with Crippen molar-refractivity contribution < 1.29 is 14.3 Å². The Morgan fingerprint density at radius 1 is 1.23 bits per heavy atom. The molecular formula is C22H27Cl2N3O3. The monoisotopic (exact) mass is 451 g/mol. The lowest BCUT2D eigenvalue weighted by molar-refractivity contribution is 0.0200. The molecule has 0 bridgehead atoms. The van der Waals surface area contributed by atoms with Crippen LogP contribution in [0.5, 0.6) is 0 Å². The van der Waals surface area contributed by atoms with Gasteiger partial charge in [-0.2, -0.15) is 0 Å². The van der Waals surface area contributed by atoms with Crippen LogP contribution in [0.2, 0.25) is 10.0 Å². The number of carbonyl (C=O) groups is 2. The molecule has 0 radical (unpaired) electrons. The topological polar surface area (TPSA) is 63.6 Å². The minimum atomic E-state index is -0.515. The number of aromatic nitrogens is 1. The molecule has 2 fully saturated rings. The molecule has 2 heterocycles. The molecule has 8 heteroatoms. The number of fused-ring (bicyclic) bond motifs is 1. The first-order chi connectivity index (χ1) is 14.0. The van der Waals surface area contributed by atoms with E-state index in [1.165, 1.54) is 0 Å². The van der Waals surface area contributed by atoms with Crippen LogP contribution in [0.25, 0.3) is 10.9 Å². The van der Waals surface area contributed by atoms with E-state index >= 15 is 0 Å². The molecule has 1 N–H and O–H groups in total. The molecule has 1 saturated heterocycles. The van der Waals surface area contributed by atoms with Crippen molar-refractivity contribution in [1.82, 2.24) is 14.8 Å². The van der Waals surface area contributed by atoms with Gasteiger partial charge in [-0.15, -0.1) is 0 Å². The number of halogens is 2. The lowest BCUT2D eigenvalue weighted by Gasteiger charge is -2.47. The Hall–Kier alpha value is -1.92. The third-order valence-electron chi connectivity index (χ3n) is 6.36. The van der Waals surface area contributed by atoms with Crippen molar-refractivity contribution in [2.75, 3.05) is 13.1 Å². The van der Waals surface area contributed by atoms with Gasteiger partial charge in [0, 0.05) is 42.5 Å². The number of nitrogens with zero attached hydrogens (tertiary/aromatic N) is 2. The second-order valence-corrected chi connectivity index (χ2v) is 10.2. The molecule has 2 aliphatic rings. The molecule has 2 atom stereocenters. The summed E-state index contributed by atoms with van der Waals surface area (Å²) in [6.45, 7) is 6.87. The van der Waals surface area contributed by atoms with Gasteiger partial charge in [0.25, 0.3) is 5.91 Å². The Balaban J connectivity index is 1.47. The molecule has 2 amide bonds. The highest BCUT2D eigenvalue weighted by Gasteiger charge is 2.52. The molecule has 1 aliphatic carbocycles. The van der Waals surface area contributed by atoms with E-state index in [0.717, 1.165) is 30.2 Å². The lowest BCUT2D eigenvalue weighted by Crippen LogP contribution is -2.56. The van der Waals surface area contributed by atoms with E-state index in [9.17, 15) is 9.59 Å². The van der Waals surface area contributed by atoms with Crippen molar-refractivity contribution >= 4 is 46.1 Å². The van der Waals surface area contributed by atoms with Crippen LogP contribution in [0.4, 0.5) is 4.79 Å². The van der Waals surface area contributed by atoms with Crippen molar-refractivity contribution in [2.24, 2.45) is 12.5 Å². The molecule has 6 nitrogen and oxygen atoms in total. The second kappa shape index (κ2) is 7.34. The fourth-order valence-corrected chi connectivity index (χ4v) is 4.97. The van der Waals surface area contributed by atoms with E-state index in [1.54, 1.807) is 17.0 Å². The highest BCUT2D eigenvalue weighted by atomic mass is 35.5. The van der Waals surface area contributed by atoms with Gasteiger partial charge in [-0.05, 0) is 58.2 Å². The van der Waals surface area contributed by atoms with Gasteiger partial charge in [0.05, 0.1) is 10.0 Å². The molecule has 2 aromatic rings. The number of carbonyl (C=O) groups excluding carboxylic acids is 2. The fourth-order valence-electron chi connectivity index (χ4n) is 4.59. The van der Waals surface area contributed by atoms with E-state index in [0.29, 0.717) is 28.8 Å². The third-order valence-corrected chi connectivity index (χ3v) is 7.18. The maximum absolute atomic E-state index is 13.1. The molecule has 4 rings (SSSR count). The van der Waals surface area contributed by atoms with Gasteiger partial charge >= 0.3 is 6.09 Å². The summed E-state index contributed by atoms with van der Waals surface area (Å²) >= 11 is 12.4. The number of benzene rings is 1. The van der Waals surface area contributed by atoms with Crippen LogP contribution in [0.1, 0.15) is 50.5 Å². The van der Waals surface area contributed by atoms with Crippen LogP contribution in [-0.2, 0) is 11.8 Å². The standard InChI is InChI=1S/C22H27Cl2N3O3/c1-21(2,3)30-20(29)27-10-9-22(12-27)8-7-17(22)25-19(28)16-11-13-15(26(16)4)6-5-14(23)18(13)24/h5-6,11,17H,7-10,12H2,1-4H3,(H,25,28). The lowest BCUT2D eigenvalue weighted by atomic mass is 9.64. The Kier molecular flexibility index (Phi) is 5.22. The summed E-state index contributed by atoms with van der Waals surface area (Å²) in [6.07, 6.45) is 2.49. The van der Waals surface area contributed by atoms with Crippen LogP contribution in [-0.4, -0.2) is 46.2 Å². The first kappa shape index (κ1) is 21.3. The highest BCUT2D eigenvalue weighted by Crippen LogP contribution is 2.48. The molecule has 30 heavy (non-hydrogen) atoms. The van der Waals surface area contributed by atoms with E-state index in [-0.39, 0.29) is 23.5 Å². The van der Waals surface area contributed by atoms with Crippen molar-refractivity contribution in [3.05, 3.63) is 33.9 Å². The summed E-state index contributed by atoms with van der Waals surface area (Å²) in [5, 5.41) is 4.87. The summed E-state index contributed by atoms with van der Waals surface area (Å²) in [7, 11) is 1.85. The zero-order valence-electron chi connectivity index (χ0n) is 17.7. The largest absolute Gasteiger partial charge is 0.444 e. The minimum absolute atomic E-state index is 0.0366. The quantitative estimate of drug-likeness (QED) is 0.697. The number of likely N-dealkylation sites (tertiary alicyclic amines) is 1. The summed E-state index contributed by atoms with van der Waals surface area (Å²) in [4.78, 5) is 27.3. The average molecular weight is 452 g/mol. The summed E-state index contributed by atoms with van der Waals surface area (Å²) < 4.78 is 7.35. The van der Waals surface area contributed by atoms with Gasteiger partial charge < -0.3 is 19.5 Å². The van der Waals surface area contributed by atoms with Crippen LogP contribution in [0, 0.1) is 5.41 Å². The summed E-state index contributed by atoms with van der Waals surface area (Å²) in [6, 6.07) is 5.42. The zero-order valence-corrected chi connectivity index (χ0v) is 19.2. The maximum atomic E-state index is 13.1. The number of nitrogens with one attached hydrogen (secondary N) is 1. The Morgan fingerprint density at radius 3 is 2.60 bits per heavy atom. The van der Waals surface area contributed by atoms with E-state index in [4.69, 9.17) is 27.9 Å². The molecule has 1 aromatic carbocycles. The number of hydrogen-bond acceptors (Lipinski definition) is 3. The van der Waals surface area contributed by atoms with Crippen molar-refractivity contribution in [3.63, 3.8) is 0 Å². The predicted molar refractivity (Wildman–Crippen MR) is 118 cm³/mol. The Morgan fingerprint density at radius 2 is 1.97 bits per heavy atom. The first-order valence-electron chi connectivity index (χ1n) is 10.2. The van der Waals surface area contributed by atoms with Crippen molar-refractivity contribution in [1.29, 1.82) is 0 Å². The van der Waals surface area contributed by atoms with Crippen LogP contribution >= 0.6 is 23.2 Å². The fraction of sp³-hybridized carbons (Fsp3) is 0.545. The summed E-state index contributed by atoms with van der Waals surface area (Å²) in [5.74, 6) is -0.138. The van der Waals surface area contributed by atoms with E-state index in [2.05, 4.69) is 5.32 Å². The van der Waals surface area contributed by atoms with Gasteiger partial charge in [0.2, 0.25) is 0 Å². The number of ether oxygens (including phenoxy) is 1. The van der Waals surface area contributed by atoms with Crippen LogP contribution in [0.15, 0.2) is 18.2 Å². The highest BCUT2D eigenvalue weighted by molar-refractivity contribution is 6.45. The summed E-state index contributed by atoms with van der Waals surface area (Å²) in [5.41, 5.74) is 0.810. The SMILES string of the molecule is Cn1c(C(=O)NC2CCC23CCN(C(=O)OC(C)(C)C)C3)cc2c(Cl)c(Cl)ccc21. The van der Waals surface area contributed by atoms with Gasteiger partial charge in [-0.1, -0.05) is 23.2 Å². The normalized spacial score (nSPS) is 23.7. The first-order valence-corrected chi connectivity index (χ1v) is 11.0. The van der Waals surface area contributed by atoms with Gasteiger partial charge in [0.1, 0.15) is 11.3 Å². The molecule has 1 aliphatic heterocycles. The molecule has 162 valence electrons. The Bertz CT molecular complexity index is 1030. The minimum Gasteiger partial charge on any atom is -0.444 e. The Labute approximate surface area is 186 Å². The average Bonchev–Trinajstić information content (AvgIpc) is 3.25. The van der Waals surface area contributed by atoms with Gasteiger partial charge in [-0.25, -0.2) is 4.79 Å². The van der Waals surface area contributed by atoms with Gasteiger partial charge in [-0.3, -0.25) is 4.79 Å². The number of amides is 2. The molecule has 2 unspecified atom stereocenters. The van der Waals surface area contributed by atoms with E-state index in [1.807, 2.05) is 38.5 Å². The molecule has 1 spiro atoms. The number of hydrogen-bond donors (Lipinski definition) is 1. The number of rotatable bonds is 2. The number of aryl methyl sites for hydroxylation is 1. The van der Waals surface area contributed by atoms with Gasteiger partial charge in [0.15, 0.2) is 0 Å².